The Morgan fingerprint density at radius 2 is 0.976 bits per heavy atom. The van der Waals surface area contributed by atoms with E-state index in [1.807, 2.05) is 72.8 Å². The average Bonchev–Trinajstić information content (AvgIpc) is 3.01. The molecule has 4 rings (SSSR count). The lowest BCUT2D eigenvalue weighted by atomic mass is 10.0. The molecule has 0 amide bonds. The third kappa shape index (κ3) is 7.96. The Balaban J connectivity index is 1.64. The predicted octanol–water partition coefficient (Wildman–Crippen LogP) is 7.99. The van der Waals surface area contributed by atoms with Gasteiger partial charge in [-0.05, 0) is 60.4 Å². The highest BCUT2D eigenvalue weighted by Gasteiger charge is 2.19. The summed E-state index contributed by atoms with van der Waals surface area (Å²) in [6.07, 6.45) is 2.52. The minimum Gasteiger partial charge on any atom is -0.493 e. The summed E-state index contributed by atoms with van der Waals surface area (Å²) in [5, 5.41) is 0. The molecule has 212 valence electrons. The molecule has 0 bridgehead atoms. The maximum absolute atomic E-state index is 13.1. The van der Waals surface area contributed by atoms with E-state index in [0.29, 0.717) is 11.5 Å². The third-order valence-electron chi connectivity index (χ3n) is 6.43. The van der Waals surface area contributed by atoms with Gasteiger partial charge in [-0.2, -0.15) is 0 Å². The van der Waals surface area contributed by atoms with Crippen LogP contribution in [-0.2, 0) is 12.8 Å². The van der Waals surface area contributed by atoms with Crippen molar-refractivity contribution in [2.45, 2.75) is 39.5 Å². The van der Waals surface area contributed by atoms with Gasteiger partial charge in [0.15, 0.2) is 23.0 Å². The van der Waals surface area contributed by atoms with Gasteiger partial charge >= 0.3 is 6.16 Å². The zero-order chi connectivity index (χ0) is 29.7. The molecule has 0 aliphatic rings. The highest BCUT2D eigenvalue weighted by atomic mass is 16.7. The van der Waals surface area contributed by atoms with Crippen LogP contribution in [-0.4, -0.2) is 20.4 Å². The summed E-state index contributed by atoms with van der Waals surface area (Å²) in [4.78, 5) is 13.1. The van der Waals surface area contributed by atoms with Crippen LogP contribution in [0.25, 0.3) is 0 Å². The van der Waals surface area contributed by atoms with E-state index < -0.39 is 6.16 Å². The Hall–Kier alpha value is -5.13. The van der Waals surface area contributed by atoms with Gasteiger partial charge in [0.2, 0.25) is 0 Å². The SMILES string of the molecule is CCCc1cc(OC)c(OC(=O)Oc2cc(C#Cc3ccccc3)c(CCC)cc2OC)cc1C#Cc1ccccc1. The molecule has 0 aliphatic heterocycles. The van der Waals surface area contributed by atoms with Crippen LogP contribution in [0.2, 0.25) is 0 Å². The van der Waals surface area contributed by atoms with Crippen LogP contribution >= 0.6 is 0 Å². The van der Waals surface area contributed by atoms with Gasteiger partial charge in [-0.1, -0.05) is 86.8 Å². The van der Waals surface area contributed by atoms with E-state index >= 15 is 0 Å². The summed E-state index contributed by atoms with van der Waals surface area (Å²) in [7, 11) is 3.07. The minimum atomic E-state index is -0.929. The molecule has 4 aromatic carbocycles. The molecule has 0 N–H and O–H groups in total. The highest BCUT2D eigenvalue weighted by molar-refractivity contribution is 5.71. The Labute approximate surface area is 248 Å². The van der Waals surface area contributed by atoms with E-state index in [1.165, 1.54) is 14.2 Å². The number of carbonyl (C=O) groups is 1. The first-order chi connectivity index (χ1) is 20.5. The molecule has 0 radical (unpaired) electrons. The molecule has 0 atom stereocenters. The first kappa shape index (κ1) is 29.8. The Morgan fingerprint density at radius 1 is 0.571 bits per heavy atom. The zero-order valence-electron chi connectivity index (χ0n) is 24.5. The van der Waals surface area contributed by atoms with Crippen LogP contribution in [0.5, 0.6) is 23.0 Å². The van der Waals surface area contributed by atoms with E-state index in [-0.39, 0.29) is 11.5 Å². The Morgan fingerprint density at radius 3 is 1.33 bits per heavy atom. The standard InChI is InChI=1S/C37H34O5/c1-5-13-29-23-33(39-3)35(25-31(29)21-19-27-15-9-7-10-16-27)41-37(38)42-36-26-32(22-20-28-17-11-8-12-18-28)30(14-6-2)24-34(36)40-4/h7-12,15-18,23-26H,5-6,13-14H2,1-4H3. The van der Waals surface area contributed by atoms with Crippen molar-refractivity contribution in [2.75, 3.05) is 14.2 Å². The molecule has 0 saturated carbocycles. The van der Waals surface area contributed by atoms with Gasteiger partial charge in [0.05, 0.1) is 14.2 Å². The van der Waals surface area contributed by atoms with E-state index in [4.69, 9.17) is 18.9 Å². The maximum Gasteiger partial charge on any atom is 0.519 e. The molecule has 4 aromatic rings. The van der Waals surface area contributed by atoms with Crippen LogP contribution in [0.4, 0.5) is 4.79 Å². The lowest BCUT2D eigenvalue weighted by molar-refractivity contribution is 0.148. The molecule has 0 heterocycles. The van der Waals surface area contributed by atoms with Crippen molar-refractivity contribution in [2.24, 2.45) is 0 Å². The number of methoxy groups -OCH3 is 2. The molecule has 0 fully saturated rings. The summed E-state index contributed by atoms with van der Waals surface area (Å²) in [6.45, 7) is 4.20. The first-order valence-corrected chi connectivity index (χ1v) is 14.0. The van der Waals surface area contributed by atoms with Gasteiger partial charge in [-0.15, -0.1) is 0 Å². The molecular weight excluding hydrogens is 524 g/mol. The summed E-state index contributed by atoms with van der Waals surface area (Å²) in [5.74, 6) is 14.1. The van der Waals surface area contributed by atoms with E-state index in [9.17, 15) is 4.79 Å². The molecule has 0 spiro atoms. The molecule has 5 nitrogen and oxygen atoms in total. The lowest BCUT2D eigenvalue weighted by Gasteiger charge is -2.15. The molecule has 42 heavy (non-hydrogen) atoms. The van der Waals surface area contributed by atoms with Gasteiger partial charge < -0.3 is 18.9 Å². The smallest absolute Gasteiger partial charge is 0.493 e. The van der Waals surface area contributed by atoms with Gasteiger partial charge in [-0.3, -0.25) is 0 Å². The zero-order valence-corrected chi connectivity index (χ0v) is 24.5. The fourth-order valence-corrected chi connectivity index (χ4v) is 4.39. The van der Waals surface area contributed by atoms with E-state index in [0.717, 1.165) is 59.1 Å². The van der Waals surface area contributed by atoms with Crippen molar-refractivity contribution >= 4 is 6.16 Å². The number of benzene rings is 4. The van der Waals surface area contributed by atoms with Crippen LogP contribution in [0.1, 0.15) is 60.1 Å². The topological polar surface area (TPSA) is 54.0 Å². The summed E-state index contributed by atoms with van der Waals surface area (Å²) in [5.41, 5.74) is 5.31. The fourth-order valence-electron chi connectivity index (χ4n) is 4.39. The van der Waals surface area contributed by atoms with E-state index in [2.05, 4.69) is 37.5 Å². The van der Waals surface area contributed by atoms with E-state index in [1.54, 1.807) is 12.1 Å². The van der Waals surface area contributed by atoms with Crippen molar-refractivity contribution in [3.05, 3.63) is 118 Å². The van der Waals surface area contributed by atoms with Crippen LogP contribution < -0.4 is 18.9 Å². The average molecular weight is 559 g/mol. The molecule has 0 aliphatic carbocycles. The number of carbonyl (C=O) groups excluding carboxylic acids is 1. The first-order valence-electron chi connectivity index (χ1n) is 14.0. The Kier molecular flexibility index (Phi) is 10.7. The second kappa shape index (κ2) is 15.0. The summed E-state index contributed by atoms with van der Waals surface area (Å²) < 4.78 is 22.4. The van der Waals surface area contributed by atoms with Crippen LogP contribution in [0.15, 0.2) is 84.9 Å². The number of aryl methyl sites for hydroxylation is 2. The minimum absolute atomic E-state index is 0.213. The molecule has 0 saturated heterocycles. The number of hydrogen-bond acceptors (Lipinski definition) is 5. The van der Waals surface area contributed by atoms with Crippen LogP contribution in [0, 0.1) is 23.7 Å². The molecular formula is C37H34O5. The molecule has 5 heteroatoms. The summed E-state index contributed by atoms with van der Waals surface area (Å²) in [6, 6.07) is 26.6. The van der Waals surface area contributed by atoms with Crippen molar-refractivity contribution in [3.8, 4) is 46.7 Å². The molecule has 0 unspecified atom stereocenters. The van der Waals surface area contributed by atoms with Crippen molar-refractivity contribution < 1.29 is 23.7 Å². The predicted molar refractivity (Wildman–Crippen MR) is 165 cm³/mol. The molecule has 0 aromatic heterocycles. The van der Waals surface area contributed by atoms with Crippen LogP contribution in [0.3, 0.4) is 0 Å². The third-order valence-corrected chi connectivity index (χ3v) is 6.43. The number of ether oxygens (including phenoxy) is 4. The van der Waals surface area contributed by atoms with Crippen molar-refractivity contribution in [3.63, 3.8) is 0 Å². The number of hydrogen-bond donors (Lipinski definition) is 0. The van der Waals surface area contributed by atoms with Gasteiger partial charge in [0, 0.05) is 34.4 Å². The largest absolute Gasteiger partial charge is 0.519 e. The van der Waals surface area contributed by atoms with Crippen molar-refractivity contribution in [1.82, 2.24) is 0 Å². The van der Waals surface area contributed by atoms with Gasteiger partial charge in [0.25, 0.3) is 0 Å². The maximum atomic E-state index is 13.1. The monoisotopic (exact) mass is 558 g/mol. The Bertz CT molecular complexity index is 1510. The second-order valence-corrected chi connectivity index (χ2v) is 9.51. The number of rotatable bonds is 8. The fraction of sp³-hybridized carbons (Fsp3) is 0.216. The van der Waals surface area contributed by atoms with Gasteiger partial charge in [-0.25, -0.2) is 4.79 Å². The quantitative estimate of drug-likeness (QED) is 0.125. The normalized spacial score (nSPS) is 10.0. The second-order valence-electron chi connectivity index (χ2n) is 9.51. The highest BCUT2D eigenvalue weighted by Crippen LogP contribution is 2.34. The lowest BCUT2D eigenvalue weighted by Crippen LogP contribution is -2.15. The van der Waals surface area contributed by atoms with Crippen molar-refractivity contribution in [1.29, 1.82) is 0 Å². The summed E-state index contributed by atoms with van der Waals surface area (Å²) >= 11 is 0. The van der Waals surface area contributed by atoms with Gasteiger partial charge in [0.1, 0.15) is 0 Å².